The number of nitrogens with zero attached hydrogens (tertiary/aromatic N) is 3. The standard InChI is InChI=1S/C12H26N2O2.C8H17NO.C8H19N.C8H18.C7H17N.C7H15N.C7H14O/c1-7-16-11(6)8-14(10(4)5)12(15)13-9(2)3;1-6(2)8(10)5-9-7(3)4;1-7(2)6-9(5)8(3)4;1-7(2)5-6-8(3)4;2*1-6(2)5-8-7(3)4;1-5(2)7(8)6(3)4/h9-11H,7-8H2,1-6H3,(H,13,15);6-7,9H,5H2,1-4H3;7-8H,6H2,1-5H3;7-8H,5-6H2,1-4H3;6-8H,5H2,1-4H3;5-7H,1-4H3;5-6H,1-4H3. The maximum Gasteiger partial charge on any atom is 0.317 e. The van der Waals surface area contributed by atoms with E-state index < -0.39 is 0 Å². The smallest absolute Gasteiger partial charge is 0.317 e. The fourth-order valence-corrected chi connectivity index (χ4v) is 4.92. The predicted octanol–water partition coefficient (Wildman–Crippen LogP) is 14.1. The average Bonchev–Trinajstić information content (AvgIpc) is 3.17. The Labute approximate surface area is 422 Å². The molecule has 10 heteroatoms. The first-order valence-corrected chi connectivity index (χ1v) is 26.8. The predicted molar refractivity (Wildman–Crippen MR) is 302 cm³/mol. The van der Waals surface area contributed by atoms with Gasteiger partial charge in [0.25, 0.3) is 0 Å². The van der Waals surface area contributed by atoms with E-state index in [2.05, 4.69) is 144 Å². The first kappa shape index (κ1) is 79.3. The van der Waals surface area contributed by atoms with E-state index in [9.17, 15) is 14.4 Å². The van der Waals surface area contributed by atoms with Crippen LogP contribution in [-0.2, 0) is 14.3 Å². The summed E-state index contributed by atoms with van der Waals surface area (Å²) in [5, 5.41) is 9.33. The molecule has 2 amide bonds. The Hall–Kier alpha value is -1.88. The number of carbonyl (C=O) groups excluding carboxylic acids is 3. The minimum Gasteiger partial charge on any atom is -0.377 e. The number of amides is 2. The maximum absolute atomic E-state index is 11.9. The Morgan fingerprint density at radius 2 is 0.970 bits per heavy atom. The van der Waals surface area contributed by atoms with Crippen molar-refractivity contribution >= 4 is 23.8 Å². The van der Waals surface area contributed by atoms with Gasteiger partial charge < -0.3 is 30.5 Å². The molecule has 0 rings (SSSR count). The summed E-state index contributed by atoms with van der Waals surface area (Å²) in [4.78, 5) is 42.1. The van der Waals surface area contributed by atoms with Gasteiger partial charge >= 0.3 is 6.03 Å². The van der Waals surface area contributed by atoms with Gasteiger partial charge in [-0.15, -0.1) is 0 Å². The number of urea groups is 1. The van der Waals surface area contributed by atoms with Crippen LogP contribution in [0, 0.1) is 47.3 Å². The number of hydrogen-bond donors (Lipinski definition) is 3. The molecule has 1 atom stereocenters. The van der Waals surface area contributed by atoms with Crippen molar-refractivity contribution in [3.8, 4) is 0 Å². The summed E-state index contributed by atoms with van der Waals surface area (Å²) in [6.45, 7) is 67.0. The second-order valence-corrected chi connectivity index (χ2v) is 22.9. The number of ether oxygens (including phenoxy) is 1. The van der Waals surface area contributed by atoms with E-state index in [0.717, 1.165) is 30.2 Å². The fourth-order valence-electron chi connectivity index (χ4n) is 4.92. The summed E-state index contributed by atoms with van der Waals surface area (Å²) >= 11 is 0. The van der Waals surface area contributed by atoms with Crippen molar-refractivity contribution in [2.45, 2.75) is 263 Å². The number of ketones is 2. The van der Waals surface area contributed by atoms with Crippen LogP contribution in [0.2, 0.25) is 0 Å². The SMILES string of the molecule is CC(C)C(=O)C(C)C.CC(C)C=NC(C)C.CC(C)CCC(C)C.CC(C)CN(C)C(C)C.CC(C)CNC(C)C.CC(C)NCC(=O)C(C)C.CCOC(C)CN(C(=O)NC(C)C)C(C)C. The molecule has 0 bridgehead atoms. The molecule has 0 aliphatic rings. The van der Waals surface area contributed by atoms with Crippen LogP contribution in [0.15, 0.2) is 4.99 Å². The molecular weight excluding hydrogens is 833 g/mol. The highest BCUT2D eigenvalue weighted by molar-refractivity contribution is 5.82. The van der Waals surface area contributed by atoms with Gasteiger partial charge in [0.2, 0.25) is 0 Å². The number of nitrogens with one attached hydrogen (secondary N) is 3. The van der Waals surface area contributed by atoms with Crippen LogP contribution in [0.4, 0.5) is 4.79 Å². The third-order valence-electron chi connectivity index (χ3n) is 9.14. The molecule has 0 aliphatic carbocycles. The van der Waals surface area contributed by atoms with E-state index >= 15 is 0 Å². The highest BCUT2D eigenvalue weighted by Crippen LogP contribution is 2.10. The van der Waals surface area contributed by atoms with Crippen molar-refractivity contribution < 1.29 is 19.1 Å². The van der Waals surface area contributed by atoms with Crippen LogP contribution >= 0.6 is 0 Å². The quantitative estimate of drug-likeness (QED) is 0.0874. The Morgan fingerprint density at radius 3 is 1.16 bits per heavy atom. The van der Waals surface area contributed by atoms with Crippen LogP contribution in [-0.4, -0.2) is 116 Å². The van der Waals surface area contributed by atoms with Crippen LogP contribution in [0.25, 0.3) is 0 Å². The summed E-state index contributed by atoms with van der Waals surface area (Å²) in [7, 11) is 2.17. The van der Waals surface area contributed by atoms with Crippen LogP contribution in [0.1, 0.15) is 221 Å². The number of aliphatic imine (C=N–C) groups is 1. The van der Waals surface area contributed by atoms with Crippen molar-refractivity contribution in [3.63, 3.8) is 0 Å². The molecule has 10 nitrogen and oxygen atoms in total. The molecule has 0 radical (unpaired) electrons. The molecule has 0 aromatic rings. The van der Waals surface area contributed by atoms with Gasteiger partial charge in [0.1, 0.15) is 11.6 Å². The van der Waals surface area contributed by atoms with E-state index in [1.807, 2.05) is 103 Å². The lowest BCUT2D eigenvalue weighted by molar-refractivity contribution is -0.124. The fraction of sp³-hybridized carbons (Fsp3) is 0.930. The molecule has 0 aliphatic heterocycles. The van der Waals surface area contributed by atoms with Gasteiger partial charge in [-0.05, 0) is 112 Å². The Bertz CT molecular complexity index is 1040. The first-order chi connectivity index (χ1) is 30.4. The number of hydrogen-bond acceptors (Lipinski definition) is 8. The Balaban J connectivity index is -0.000000128. The van der Waals surface area contributed by atoms with Crippen molar-refractivity contribution in [2.75, 3.05) is 39.8 Å². The summed E-state index contributed by atoms with van der Waals surface area (Å²) < 4.78 is 5.46. The zero-order valence-corrected chi connectivity index (χ0v) is 51.2. The lowest BCUT2D eigenvalue weighted by atomic mass is 9.99. The van der Waals surface area contributed by atoms with Crippen LogP contribution in [0.3, 0.4) is 0 Å². The highest BCUT2D eigenvalue weighted by Gasteiger charge is 2.20. The molecule has 3 N–H and O–H groups in total. The van der Waals surface area contributed by atoms with E-state index in [4.69, 9.17) is 4.74 Å². The second kappa shape index (κ2) is 50.5. The minimum atomic E-state index is -0.0171. The molecule has 0 aromatic heterocycles. The molecule has 0 aromatic carbocycles. The largest absolute Gasteiger partial charge is 0.377 e. The molecule has 0 fully saturated rings. The monoisotopic (exact) mass is 959 g/mol. The number of rotatable bonds is 23. The lowest BCUT2D eigenvalue weighted by Gasteiger charge is -2.30. The second-order valence-electron chi connectivity index (χ2n) is 22.9. The third kappa shape index (κ3) is 75.8. The summed E-state index contributed by atoms with van der Waals surface area (Å²) in [5.41, 5.74) is 0. The Morgan fingerprint density at radius 1 is 0.537 bits per heavy atom. The Kier molecular flexibility index (Phi) is 59.7. The van der Waals surface area contributed by atoms with Gasteiger partial charge in [0.15, 0.2) is 0 Å². The number of Topliss-reactive ketones (excluding diaryl/α,β-unsaturated/α-hetero) is 2. The van der Waals surface area contributed by atoms with Crippen molar-refractivity contribution in [1.29, 1.82) is 0 Å². The summed E-state index contributed by atoms with van der Waals surface area (Å²) in [5.74, 6) is 5.14. The lowest BCUT2D eigenvalue weighted by Crippen LogP contribution is -2.49. The van der Waals surface area contributed by atoms with Crippen molar-refractivity contribution in [3.05, 3.63) is 0 Å². The van der Waals surface area contributed by atoms with Crippen LogP contribution in [0.5, 0.6) is 0 Å². The van der Waals surface area contributed by atoms with E-state index in [0.29, 0.717) is 55.6 Å². The molecule has 0 saturated heterocycles. The highest BCUT2D eigenvalue weighted by atomic mass is 16.5. The molecule has 0 saturated carbocycles. The van der Waals surface area contributed by atoms with Gasteiger partial charge in [-0.25, -0.2) is 4.79 Å². The van der Waals surface area contributed by atoms with Gasteiger partial charge in [-0.2, -0.15) is 0 Å². The third-order valence-corrected chi connectivity index (χ3v) is 9.14. The van der Waals surface area contributed by atoms with Gasteiger partial charge in [0, 0.05) is 79.9 Å². The molecule has 1 unspecified atom stereocenters. The molecule has 0 spiro atoms. The zero-order chi connectivity index (χ0) is 54.7. The van der Waals surface area contributed by atoms with Gasteiger partial charge in [-0.1, -0.05) is 151 Å². The van der Waals surface area contributed by atoms with E-state index in [-0.39, 0.29) is 47.8 Å². The van der Waals surface area contributed by atoms with Crippen molar-refractivity contribution in [1.82, 2.24) is 25.8 Å². The first-order valence-electron chi connectivity index (χ1n) is 26.8. The van der Waals surface area contributed by atoms with E-state index in [1.54, 1.807) is 4.90 Å². The molecule has 0 heterocycles. The molecule has 67 heavy (non-hydrogen) atoms. The topological polar surface area (TPSA) is 115 Å². The maximum atomic E-state index is 11.9. The zero-order valence-electron chi connectivity index (χ0n) is 51.2. The van der Waals surface area contributed by atoms with Crippen LogP contribution < -0.4 is 16.0 Å². The van der Waals surface area contributed by atoms with Gasteiger partial charge in [-0.3, -0.25) is 14.6 Å². The van der Waals surface area contributed by atoms with Gasteiger partial charge in [0.05, 0.1) is 12.6 Å². The number of carbonyl (C=O) groups is 3. The van der Waals surface area contributed by atoms with E-state index in [1.165, 1.54) is 19.4 Å². The molecular formula is C57H126N6O4. The summed E-state index contributed by atoms with van der Waals surface area (Å²) in [6, 6.07) is 2.51. The normalized spacial score (nSPS) is 11.8. The molecule has 408 valence electrons. The summed E-state index contributed by atoms with van der Waals surface area (Å²) in [6.07, 6.45) is 4.84. The minimum absolute atomic E-state index is 0.0171. The average molecular weight is 960 g/mol. The van der Waals surface area contributed by atoms with Crippen molar-refractivity contribution in [2.24, 2.45) is 52.3 Å².